The van der Waals surface area contributed by atoms with E-state index in [1.807, 2.05) is 4.72 Å². The minimum Gasteiger partial charge on any atom is -0.768 e. The lowest BCUT2D eigenvalue weighted by Crippen LogP contribution is -2.78. The number of hydrogen-bond acceptors (Lipinski definition) is 9. The van der Waals surface area contributed by atoms with E-state index in [0.717, 1.165) is 29.5 Å². The van der Waals surface area contributed by atoms with Crippen LogP contribution in [-0.2, 0) is 14.6 Å². The number of rotatable bonds is 16. The summed E-state index contributed by atoms with van der Waals surface area (Å²) in [6, 6.07) is 7.74. The zero-order valence-electron chi connectivity index (χ0n) is 23.6. The first-order chi connectivity index (χ1) is 20.7. The predicted octanol–water partition coefficient (Wildman–Crippen LogP) is -2.67. The normalized spacial score (nSPS) is 12.6. The second kappa shape index (κ2) is 15.0. The molecule has 1 unspecified atom stereocenters. The lowest BCUT2D eigenvalue weighted by Gasteiger charge is -2.24. The minimum atomic E-state index is -4.86. The van der Waals surface area contributed by atoms with Crippen LogP contribution in [0.1, 0.15) is 24.0 Å². The SMILES string of the molecule is Cc1c(S(=O)(=O)NCP(=O)([O-])Oc2ccc(C#N)c(F)c2)sc2cc(OCCC[NH+]=C(N)N)c(OCCC[NH+]=C(N)N)cc12. The number of nitrogens with zero attached hydrogens (tertiary/aromatic N) is 1. The van der Waals surface area contributed by atoms with Crippen molar-refractivity contribution in [1.82, 2.24) is 4.72 Å². The van der Waals surface area contributed by atoms with Crippen LogP contribution in [0.3, 0.4) is 0 Å². The first-order valence-corrected chi connectivity index (χ1v) is 17.0. The molecule has 1 aromatic heterocycles. The van der Waals surface area contributed by atoms with E-state index in [0.29, 0.717) is 53.1 Å². The summed E-state index contributed by atoms with van der Waals surface area (Å²) < 4.78 is 71.8. The number of nitrogens with two attached hydrogens (primary N) is 4. The molecule has 1 heterocycles. The van der Waals surface area contributed by atoms with Crippen LogP contribution in [0, 0.1) is 24.1 Å². The first kappa shape index (κ1) is 34.4. The van der Waals surface area contributed by atoms with Crippen molar-refractivity contribution in [3.05, 3.63) is 47.3 Å². The van der Waals surface area contributed by atoms with Crippen LogP contribution in [0.15, 0.2) is 34.5 Å². The molecule has 0 radical (unpaired) electrons. The molecule has 3 rings (SSSR count). The summed E-state index contributed by atoms with van der Waals surface area (Å²) in [6.07, 6.45) is -0.0151. The van der Waals surface area contributed by atoms with Crippen molar-refractivity contribution in [2.75, 3.05) is 32.6 Å². The molecule has 0 fully saturated rings. The number of sulfonamides is 1. The molecule has 0 aliphatic heterocycles. The summed E-state index contributed by atoms with van der Waals surface area (Å²) in [6.45, 7) is 3.03. The molecule has 19 heteroatoms. The minimum absolute atomic E-state index is 0.0821. The van der Waals surface area contributed by atoms with Gasteiger partial charge in [-0.05, 0) is 30.7 Å². The van der Waals surface area contributed by atoms with Crippen LogP contribution in [0.4, 0.5) is 4.39 Å². The smallest absolute Gasteiger partial charge is 0.338 e. The average Bonchev–Trinajstić information content (AvgIpc) is 3.27. The summed E-state index contributed by atoms with van der Waals surface area (Å²) in [5, 5.41) is 9.37. The summed E-state index contributed by atoms with van der Waals surface area (Å²) in [5.41, 5.74) is 21.7. The van der Waals surface area contributed by atoms with Crippen molar-refractivity contribution in [1.29, 1.82) is 5.26 Å². The molecule has 44 heavy (non-hydrogen) atoms. The van der Waals surface area contributed by atoms with E-state index in [4.69, 9.17) is 42.2 Å². The fourth-order valence-corrected chi connectivity index (χ4v) is 8.02. The Morgan fingerprint density at radius 1 is 1.07 bits per heavy atom. The number of guanidine groups is 2. The number of ether oxygens (including phenoxy) is 2. The monoisotopic (exact) mass is 671 g/mol. The van der Waals surface area contributed by atoms with Crippen molar-refractivity contribution in [2.24, 2.45) is 22.9 Å². The third kappa shape index (κ3) is 9.69. The Morgan fingerprint density at radius 3 is 2.20 bits per heavy atom. The summed E-state index contributed by atoms with van der Waals surface area (Å²) >= 11 is 0.909. The molecular weight excluding hydrogens is 638 g/mol. The van der Waals surface area contributed by atoms with Crippen molar-refractivity contribution in [3.63, 3.8) is 0 Å². The van der Waals surface area contributed by atoms with Gasteiger partial charge in [-0.1, -0.05) is 0 Å². The fraction of sp³-hybridized carbons (Fsp3) is 0.320. The van der Waals surface area contributed by atoms with Crippen LogP contribution < -0.4 is 56.5 Å². The van der Waals surface area contributed by atoms with Gasteiger partial charge in [0.05, 0.1) is 38.2 Å². The zero-order chi connectivity index (χ0) is 32.5. The zero-order valence-corrected chi connectivity index (χ0v) is 26.1. The molecule has 0 saturated carbocycles. The van der Waals surface area contributed by atoms with Crippen molar-refractivity contribution in [2.45, 2.75) is 24.0 Å². The summed E-state index contributed by atoms with van der Waals surface area (Å²) in [7, 11) is -9.20. The molecule has 0 spiro atoms. The van der Waals surface area contributed by atoms with Gasteiger partial charge in [-0.15, -0.1) is 11.3 Å². The van der Waals surface area contributed by atoms with E-state index in [-0.39, 0.29) is 34.9 Å². The number of aryl methyl sites for hydroxylation is 1. The lowest BCUT2D eigenvalue weighted by molar-refractivity contribution is -0.460. The van der Waals surface area contributed by atoms with Crippen LogP contribution in [0.25, 0.3) is 10.1 Å². The molecule has 0 amide bonds. The maximum absolute atomic E-state index is 13.8. The maximum atomic E-state index is 13.8. The topological polar surface area (TPSA) is 270 Å². The molecule has 1 atom stereocenters. The van der Waals surface area contributed by atoms with Crippen molar-refractivity contribution >= 4 is 51.0 Å². The summed E-state index contributed by atoms with van der Waals surface area (Å²) in [5.74, 6) is -0.491. The Labute approximate surface area is 256 Å². The molecular formula is C25H33FN8O7PS2+. The Balaban J connectivity index is 1.81. The van der Waals surface area contributed by atoms with Crippen molar-refractivity contribution in [3.8, 4) is 23.3 Å². The van der Waals surface area contributed by atoms with Crippen LogP contribution in [0.5, 0.6) is 17.2 Å². The van der Waals surface area contributed by atoms with E-state index in [2.05, 4.69) is 9.98 Å². The molecule has 238 valence electrons. The second-order valence-electron chi connectivity index (χ2n) is 9.24. The lowest BCUT2D eigenvalue weighted by atomic mass is 10.2. The van der Waals surface area contributed by atoms with Gasteiger partial charge in [-0.2, -0.15) is 5.26 Å². The fourth-order valence-electron chi connectivity index (χ4n) is 3.73. The third-order valence-corrected chi connectivity index (χ3v) is 10.3. The second-order valence-corrected chi connectivity index (χ2v) is 14.0. The molecule has 0 aliphatic carbocycles. The molecule has 2 aromatic carbocycles. The Hall–Kier alpha value is -4.14. The number of nitriles is 1. The van der Waals surface area contributed by atoms with Gasteiger partial charge in [0.15, 0.2) is 19.1 Å². The number of hydrogen-bond donors (Lipinski definition) is 7. The maximum Gasteiger partial charge on any atom is 0.338 e. The van der Waals surface area contributed by atoms with Gasteiger partial charge >= 0.3 is 11.9 Å². The molecule has 0 bridgehead atoms. The Kier molecular flexibility index (Phi) is 11.7. The number of halogens is 1. The predicted molar refractivity (Wildman–Crippen MR) is 160 cm³/mol. The van der Waals surface area contributed by atoms with Crippen LogP contribution in [-0.4, -0.2) is 52.9 Å². The van der Waals surface area contributed by atoms with Gasteiger partial charge in [0.1, 0.15) is 21.8 Å². The molecule has 0 aliphatic rings. The van der Waals surface area contributed by atoms with E-state index < -0.39 is 35.5 Å². The van der Waals surface area contributed by atoms with E-state index in [1.54, 1.807) is 25.1 Å². The van der Waals surface area contributed by atoms with Gasteiger partial charge in [0, 0.05) is 35.1 Å². The quantitative estimate of drug-likeness (QED) is 0.0356. The number of nitrogens with one attached hydrogen (secondary N) is 3. The van der Waals surface area contributed by atoms with E-state index >= 15 is 0 Å². The molecule has 0 saturated heterocycles. The highest BCUT2D eigenvalue weighted by atomic mass is 32.2. The Morgan fingerprint density at radius 2 is 1.66 bits per heavy atom. The average molecular weight is 672 g/mol. The van der Waals surface area contributed by atoms with Crippen LogP contribution >= 0.6 is 18.9 Å². The van der Waals surface area contributed by atoms with E-state index in [1.165, 1.54) is 0 Å². The van der Waals surface area contributed by atoms with E-state index in [9.17, 15) is 22.3 Å². The highest BCUT2D eigenvalue weighted by Crippen LogP contribution is 2.42. The van der Waals surface area contributed by atoms with Gasteiger partial charge in [0.2, 0.25) is 0 Å². The number of thiophene rings is 1. The standard InChI is InChI=1S/C25H32FN8O7PS2/c1-15-18-11-20(39-8-2-6-32-24(28)29)21(40-9-3-7-33-25(30)31)12-22(18)43-23(15)44(37,38)34-14-42(35,36)41-17-5-4-16(13-27)19(26)10-17/h4-5,10-12,34H,2-3,6-9,14H2,1H3,(H,35,36)(H4,28,29,32)(H4,30,31,33)/p+1. The molecule has 3 aromatic rings. The van der Waals surface area contributed by atoms with Gasteiger partial charge in [0.25, 0.3) is 10.0 Å². The highest BCUT2D eigenvalue weighted by Gasteiger charge is 2.25. The first-order valence-electron chi connectivity index (χ1n) is 13.0. The largest absolute Gasteiger partial charge is 0.768 e. The third-order valence-electron chi connectivity index (χ3n) is 5.77. The molecule has 15 nitrogen and oxygen atoms in total. The van der Waals surface area contributed by atoms with Crippen molar-refractivity contribution < 1.29 is 46.2 Å². The molecule has 11 N–H and O–H groups in total. The van der Waals surface area contributed by atoms with Gasteiger partial charge in [-0.25, -0.2) is 17.5 Å². The number of fused-ring (bicyclic) bond motifs is 1. The number of benzene rings is 2. The van der Waals surface area contributed by atoms with Crippen LogP contribution in [0.2, 0.25) is 0 Å². The van der Waals surface area contributed by atoms with Gasteiger partial charge < -0.3 is 18.9 Å². The summed E-state index contributed by atoms with van der Waals surface area (Å²) in [4.78, 5) is 18.1. The Bertz CT molecular complexity index is 1750. The van der Waals surface area contributed by atoms with Gasteiger partial charge in [-0.3, -0.25) is 37.5 Å². The highest BCUT2D eigenvalue weighted by molar-refractivity contribution is 7.92.